The second kappa shape index (κ2) is 11.7. The third kappa shape index (κ3) is 6.38. The van der Waals surface area contributed by atoms with E-state index in [0.717, 1.165) is 0 Å². The molecular formula is C16H24B2N8Se4Zn. The Morgan fingerprint density at radius 2 is 0.710 bits per heavy atom. The molecule has 8 nitrogen and oxygen atoms in total. The molecule has 0 bridgehead atoms. The number of hydrogen-bond donors (Lipinski definition) is 0. The molecule has 4 aromatic heterocycles. The van der Waals surface area contributed by atoms with E-state index in [0.29, 0.717) is 0 Å². The van der Waals surface area contributed by atoms with Gasteiger partial charge in [0.05, 0.1) is 0 Å². The first-order chi connectivity index (χ1) is 14.2. The third-order valence-corrected chi connectivity index (χ3v) is 10.2. The van der Waals surface area contributed by atoms with Gasteiger partial charge < -0.3 is 0 Å². The predicted molar refractivity (Wildman–Crippen MR) is 123 cm³/mol. The van der Waals surface area contributed by atoms with Crippen LogP contribution in [0.15, 0.2) is 49.6 Å². The van der Waals surface area contributed by atoms with Crippen molar-refractivity contribution >= 4 is 98.0 Å². The summed E-state index contributed by atoms with van der Waals surface area (Å²) in [5.74, 6) is 0. The molecule has 0 aliphatic heterocycles. The number of nitrogens with zero attached hydrogens (tertiary/aromatic N) is 8. The van der Waals surface area contributed by atoms with Crippen molar-refractivity contribution in [2.75, 3.05) is 0 Å². The molecule has 0 amide bonds. The zero-order valence-corrected chi connectivity index (χ0v) is 28.4. The molecule has 0 N–H and O–H groups in total. The monoisotopic (exact) mass is 734 g/mol. The summed E-state index contributed by atoms with van der Waals surface area (Å²) in [6, 6.07) is 0. The van der Waals surface area contributed by atoms with Gasteiger partial charge in [-0.3, -0.25) is 0 Å². The average molecular weight is 731 g/mol. The van der Waals surface area contributed by atoms with Crippen molar-refractivity contribution in [1.82, 2.24) is 18.3 Å². The normalized spacial score (nSPS) is 10.5. The fraction of sp³-hybridized carbons (Fsp3) is 0.250. The Labute approximate surface area is 229 Å². The number of aryl methyl sites for hydroxylation is 4. The standard InChI is InChI=1S/2C8H13BN4Se2.Zn/c2*1-10-3-5-12(7(10)14)9-13-6-4-11(2)8(13)15;/h2*3-6H,9H2,1-2H3,(H-,14,15);/q;;+2/p-2. The fourth-order valence-corrected chi connectivity index (χ4v) is 5.09. The summed E-state index contributed by atoms with van der Waals surface area (Å²) in [7, 11) is 7.40. The van der Waals surface area contributed by atoms with E-state index in [1.807, 2.05) is 28.2 Å². The smallest absolute Gasteiger partial charge is 2.00 e. The summed E-state index contributed by atoms with van der Waals surface area (Å²) < 4.78 is 22.2. The van der Waals surface area contributed by atoms with Crippen molar-refractivity contribution in [3.63, 3.8) is 0 Å². The zero-order chi connectivity index (χ0) is 22.0. The van der Waals surface area contributed by atoms with E-state index in [1.54, 1.807) is 0 Å². The molecule has 0 saturated heterocycles. The molecule has 4 rings (SSSR count). The Kier molecular flexibility index (Phi) is 10.2. The first-order valence-corrected chi connectivity index (χ1v) is 13.0. The third-order valence-electron chi connectivity index (χ3n) is 5.33. The van der Waals surface area contributed by atoms with Crippen LogP contribution < -0.4 is 36.8 Å². The van der Waals surface area contributed by atoms with Crippen molar-refractivity contribution in [2.24, 2.45) is 28.2 Å². The molecule has 0 saturated carbocycles. The Bertz CT molecular complexity index is 990. The summed E-state index contributed by atoms with van der Waals surface area (Å²) in [6.07, 6.45) is 16.7. The maximum Gasteiger partial charge on any atom is 2.00 e. The molecule has 160 valence electrons. The summed E-state index contributed by atoms with van der Waals surface area (Å²) >= 11 is 12.4. The van der Waals surface area contributed by atoms with Crippen LogP contribution in [-0.2, 0) is 47.7 Å². The number of hydrogen-bond acceptors (Lipinski definition) is 0. The molecule has 0 atom stereocenters. The Balaban J connectivity index is 0.000000213. The van der Waals surface area contributed by atoms with Crippen LogP contribution in [0.5, 0.6) is 0 Å². The van der Waals surface area contributed by atoms with Gasteiger partial charge in [0.15, 0.2) is 0 Å². The number of rotatable bonds is 4. The maximum atomic E-state index is 3.09. The molecule has 0 spiro atoms. The van der Waals surface area contributed by atoms with Crippen molar-refractivity contribution in [3.8, 4) is 0 Å². The van der Waals surface area contributed by atoms with E-state index in [-0.39, 0.29) is 34.6 Å². The minimum Gasteiger partial charge on any atom is 2.00 e. The van der Waals surface area contributed by atoms with Crippen LogP contribution in [0, 0.1) is 0 Å². The predicted octanol–water partition coefficient (Wildman–Crippen LogP) is -8.16. The molecule has 4 heterocycles. The van der Waals surface area contributed by atoms with Gasteiger partial charge in [-0.25, -0.2) is 0 Å². The van der Waals surface area contributed by atoms with Gasteiger partial charge >= 0.3 is 231 Å². The van der Waals surface area contributed by atoms with Gasteiger partial charge in [0.25, 0.3) is 0 Å². The number of imidazole rings is 4. The van der Waals surface area contributed by atoms with E-state index in [4.69, 9.17) is 0 Å². The second-order valence-corrected chi connectivity index (χ2v) is 10.7. The molecule has 0 aromatic carbocycles. The number of aromatic nitrogens is 8. The largest absolute Gasteiger partial charge is 2.00 e. The Morgan fingerprint density at radius 3 is 0.839 bits per heavy atom. The molecule has 0 unspecified atom stereocenters. The van der Waals surface area contributed by atoms with Crippen LogP contribution in [0.25, 0.3) is 0 Å². The molecule has 4 aromatic rings. The minimum absolute atomic E-state index is 0. The summed E-state index contributed by atoms with van der Waals surface area (Å²) in [5.41, 5.74) is 0. The van der Waals surface area contributed by atoms with Gasteiger partial charge in [0, 0.05) is 0 Å². The molecule has 0 fully saturated rings. The summed E-state index contributed by atoms with van der Waals surface area (Å²) in [6.45, 7) is 0. The second-order valence-electron chi connectivity index (χ2n) is 7.61. The molecular weight excluding hydrogens is 707 g/mol. The van der Waals surface area contributed by atoms with E-state index in [1.165, 1.54) is 18.9 Å². The van der Waals surface area contributed by atoms with Gasteiger partial charge in [-0.05, 0) is 0 Å². The Morgan fingerprint density at radius 1 is 0.516 bits per heavy atom. The first kappa shape index (κ1) is 26.9. The molecule has 31 heavy (non-hydrogen) atoms. The van der Waals surface area contributed by atoms with E-state index >= 15 is 0 Å². The topological polar surface area (TPSA) is 35.2 Å². The van der Waals surface area contributed by atoms with Crippen molar-refractivity contribution in [2.45, 2.75) is 0 Å². The van der Waals surface area contributed by atoms with Crippen molar-refractivity contribution < 1.29 is 37.4 Å². The molecule has 0 aliphatic carbocycles. The van der Waals surface area contributed by atoms with Crippen molar-refractivity contribution in [3.05, 3.63) is 49.6 Å². The van der Waals surface area contributed by atoms with Gasteiger partial charge in [-0.2, -0.15) is 0 Å². The van der Waals surface area contributed by atoms with Crippen LogP contribution in [0.2, 0.25) is 0 Å². The Hall–Kier alpha value is -0.329. The SMILES string of the molecule is Cn1cc[n+]([BH2-][n+]2ccn(C)c2[Se-])c1[Se-].Cn1cc[n+]([BH2-][n+]2ccn(C)c2[Se-])c1[Se-].[Zn+2]. The molecule has 0 radical (unpaired) electrons. The van der Waals surface area contributed by atoms with Gasteiger partial charge in [0.2, 0.25) is 0 Å². The molecule has 0 aliphatic rings. The zero-order valence-electron chi connectivity index (χ0n) is 18.5. The minimum atomic E-state index is -0.388. The maximum absolute atomic E-state index is 3.09. The van der Waals surface area contributed by atoms with Crippen LogP contribution >= 0.6 is 0 Å². The van der Waals surface area contributed by atoms with E-state index in [2.05, 4.69) is 150 Å². The van der Waals surface area contributed by atoms with E-state index in [9.17, 15) is 0 Å². The van der Waals surface area contributed by atoms with Crippen LogP contribution in [-0.4, -0.2) is 97.4 Å². The first-order valence-electron chi connectivity index (χ1n) is 9.58. The quantitative estimate of drug-likeness (QED) is 0.187. The molecule has 15 heteroatoms. The van der Waals surface area contributed by atoms with Gasteiger partial charge in [0.1, 0.15) is 0 Å². The van der Waals surface area contributed by atoms with Gasteiger partial charge in [-0.15, -0.1) is 0 Å². The van der Waals surface area contributed by atoms with Crippen molar-refractivity contribution in [1.29, 1.82) is 0 Å². The fourth-order valence-electron chi connectivity index (χ4n) is 3.38. The van der Waals surface area contributed by atoms with Gasteiger partial charge in [-0.1, -0.05) is 0 Å². The average Bonchev–Trinajstić information content (AvgIpc) is 3.42. The van der Waals surface area contributed by atoms with Crippen LogP contribution in [0.1, 0.15) is 0 Å². The van der Waals surface area contributed by atoms with Crippen LogP contribution in [0.3, 0.4) is 0 Å². The van der Waals surface area contributed by atoms with E-state index < -0.39 is 0 Å². The van der Waals surface area contributed by atoms with Crippen LogP contribution in [0.4, 0.5) is 0 Å². The summed E-state index contributed by atoms with van der Waals surface area (Å²) in [4.78, 5) is 0. The summed E-state index contributed by atoms with van der Waals surface area (Å²) in [5, 5.41) is 0.